The lowest BCUT2D eigenvalue weighted by molar-refractivity contribution is -0.134. The van der Waals surface area contributed by atoms with E-state index in [0.717, 1.165) is 0 Å². The summed E-state index contributed by atoms with van der Waals surface area (Å²) in [4.78, 5) is 21.9. The average Bonchev–Trinajstić information content (AvgIpc) is 2.72. The van der Waals surface area contributed by atoms with Crippen molar-refractivity contribution in [2.75, 3.05) is 13.2 Å². The molecule has 2 rings (SSSR count). The molecule has 0 radical (unpaired) electrons. The third kappa shape index (κ3) is 2.26. The quantitative estimate of drug-likeness (QED) is 0.639. The minimum atomic E-state index is -2.62. The van der Waals surface area contributed by atoms with Gasteiger partial charge in [0.25, 0.3) is 0 Å². The van der Waals surface area contributed by atoms with Crippen LogP contribution < -0.4 is 10.8 Å². The number of primary amides is 1. The van der Waals surface area contributed by atoms with Crippen LogP contribution in [-0.2, 0) is 23.2 Å². The van der Waals surface area contributed by atoms with Crippen LogP contribution >= 0.6 is 8.09 Å². The first kappa shape index (κ1) is 10.8. The molecule has 1 atom stereocenters. The molecule has 2 aliphatic heterocycles. The fourth-order valence-corrected chi connectivity index (χ4v) is 3.39. The number of carbonyl (C=O) groups is 2. The van der Waals surface area contributed by atoms with Crippen LogP contribution in [0.25, 0.3) is 0 Å². The van der Waals surface area contributed by atoms with Gasteiger partial charge in [-0.1, -0.05) is 5.09 Å². The molecule has 7 nitrogen and oxygen atoms in total. The first-order valence-electron chi connectivity index (χ1n) is 4.59. The van der Waals surface area contributed by atoms with Gasteiger partial charge in [-0.05, 0) is 6.42 Å². The van der Waals surface area contributed by atoms with Gasteiger partial charge in [-0.3, -0.25) is 4.79 Å². The number of nitrogens with one attached hydrogen (secondary N) is 1. The molecule has 2 heterocycles. The van der Waals surface area contributed by atoms with Crippen molar-refractivity contribution >= 4 is 20.0 Å². The molecule has 2 saturated heterocycles. The van der Waals surface area contributed by atoms with Crippen molar-refractivity contribution in [2.24, 2.45) is 5.73 Å². The lowest BCUT2D eigenvalue weighted by atomic mass is 10.2. The van der Waals surface area contributed by atoms with Crippen molar-refractivity contribution in [3.63, 3.8) is 0 Å². The molecular weight excluding hydrogens is 223 g/mol. The van der Waals surface area contributed by atoms with Crippen LogP contribution in [0.4, 0.5) is 0 Å². The minimum absolute atomic E-state index is 0.132. The van der Waals surface area contributed by atoms with Crippen LogP contribution in [0.15, 0.2) is 0 Å². The van der Waals surface area contributed by atoms with Crippen LogP contribution in [0.1, 0.15) is 12.8 Å². The first-order chi connectivity index (χ1) is 7.11. The largest absolute Gasteiger partial charge is 0.550 e. The zero-order chi connectivity index (χ0) is 10.9. The Balaban J connectivity index is 1.92. The van der Waals surface area contributed by atoms with Crippen LogP contribution in [0, 0.1) is 0 Å². The Morgan fingerprint density at radius 2 is 2.20 bits per heavy atom. The second-order valence-electron chi connectivity index (χ2n) is 3.26. The molecule has 15 heavy (non-hydrogen) atoms. The van der Waals surface area contributed by atoms with Crippen molar-refractivity contribution in [1.29, 1.82) is 0 Å². The number of amides is 1. The standard InChI is InChI=1S/C7H11N2O5P/c8-6(10)2-1-5-7(11)14-15(9-5)12-3-4-13-15/h5,9H,1-4H2,(H-,8,10)/p+1/t5-/m0/s1. The van der Waals surface area contributed by atoms with E-state index in [-0.39, 0.29) is 6.42 Å². The van der Waals surface area contributed by atoms with E-state index in [4.69, 9.17) is 19.3 Å². The summed E-state index contributed by atoms with van der Waals surface area (Å²) in [5, 5.41) is 2.86. The third-order valence-corrected chi connectivity index (χ3v) is 4.19. The monoisotopic (exact) mass is 235 g/mol. The molecule has 3 N–H and O–H groups in total. The molecule has 2 aliphatic rings. The summed E-state index contributed by atoms with van der Waals surface area (Å²) in [7, 11) is -2.62. The second kappa shape index (κ2) is 4.02. The summed E-state index contributed by atoms with van der Waals surface area (Å²) in [6.07, 6.45) is 0.440. The molecule has 0 aromatic rings. The maximum absolute atomic E-state index is 11.4. The van der Waals surface area contributed by atoms with E-state index in [1.807, 2.05) is 0 Å². The molecule has 1 spiro atoms. The van der Waals surface area contributed by atoms with Gasteiger partial charge in [0.2, 0.25) is 5.91 Å². The number of rotatable bonds is 3. The van der Waals surface area contributed by atoms with Crippen LogP contribution in [0.3, 0.4) is 0 Å². The highest BCUT2D eigenvalue weighted by Gasteiger charge is 2.62. The zero-order valence-electron chi connectivity index (χ0n) is 7.97. The van der Waals surface area contributed by atoms with Gasteiger partial charge >= 0.3 is 14.1 Å². The summed E-state index contributed by atoms with van der Waals surface area (Å²) >= 11 is 0. The van der Waals surface area contributed by atoms with Crippen molar-refractivity contribution in [3.05, 3.63) is 0 Å². The Kier molecular flexibility index (Phi) is 2.88. The molecule has 2 fully saturated rings. The van der Waals surface area contributed by atoms with Crippen molar-refractivity contribution in [3.8, 4) is 0 Å². The number of carbonyl (C=O) groups excluding carboxylic acids is 2. The van der Waals surface area contributed by atoms with Gasteiger partial charge in [-0.25, -0.2) is 9.32 Å². The Bertz CT molecular complexity index is 291. The van der Waals surface area contributed by atoms with Gasteiger partial charge in [0, 0.05) is 6.42 Å². The van der Waals surface area contributed by atoms with Gasteiger partial charge in [-0.15, -0.1) is 0 Å². The Morgan fingerprint density at radius 1 is 1.53 bits per heavy atom. The van der Waals surface area contributed by atoms with Crippen LogP contribution in [0.5, 0.6) is 0 Å². The summed E-state index contributed by atoms with van der Waals surface area (Å²) < 4.78 is 15.5. The van der Waals surface area contributed by atoms with Crippen molar-refractivity contribution < 1.29 is 23.2 Å². The maximum Gasteiger partial charge on any atom is 0.550 e. The van der Waals surface area contributed by atoms with Gasteiger partial charge < -0.3 is 5.73 Å². The number of hydrogen-bond donors (Lipinski definition) is 2. The predicted octanol–water partition coefficient (Wildman–Crippen LogP) is -0.509. The van der Waals surface area contributed by atoms with E-state index in [1.54, 1.807) is 0 Å². The lowest BCUT2D eigenvalue weighted by Gasteiger charge is -2.05. The van der Waals surface area contributed by atoms with Gasteiger partial charge in [-0.2, -0.15) is 9.05 Å². The summed E-state index contributed by atoms with van der Waals surface area (Å²) in [5.41, 5.74) is 4.99. The Labute approximate surface area is 86.9 Å². The third-order valence-electron chi connectivity index (χ3n) is 2.09. The average molecular weight is 235 g/mol. The molecule has 84 valence electrons. The smallest absolute Gasteiger partial charge is 0.370 e. The highest BCUT2D eigenvalue weighted by atomic mass is 31.2. The van der Waals surface area contributed by atoms with Gasteiger partial charge in [0.05, 0.1) is 0 Å². The molecular formula is C7H12N2O5P+. The summed E-state index contributed by atoms with van der Waals surface area (Å²) in [6.45, 7) is 0.827. The number of nitrogens with two attached hydrogens (primary N) is 1. The van der Waals surface area contributed by atoms with Crippen molar-refractivity contribution in [1.82, 2.24) is 5.09 Å². The zero-order valence-corrected chi connectivity index (χ0v) is 8.87. The SMILES string of the molecule is NC(=O)CC[C@@H]1N[P+]2(OCCO2)OC1=O. The fraction of sp³-hybridized carbons (Fsp3) is 0.714. The van der Waals surface area contributed by atoms with Crippen LogP contribution in [0.2, 0.25) is 0 Å². The Hall–Kier alpha value is -0.750. The summed E-state index contributed by atoms with van der Waals surface area (Å²) in [6, 6.07) is -0.552. The maximum atomic E-state index is 11.4. The molecule has 0 aliphatic carbocycles. The van der Waals surface area contributed by atoms with Gasteiger partial charge in [0.15, 0.2) is 6.04 Å². The van der Waals surface area contributed by atoms with E-state index in [0.29, 0.717) is 19.6 Å². The molecule has 0 unspecified atom stereocenters. The molecule has 0 aromatic heterocycles. The predicted molar refractivity (Wildman–Crippen MR) is 50.3 cm³/mol. The van der Waals surface area contributed by atoms with E-state index in [1.165, 1.54) is 0 Å². The number of hydrogen-bond acceptors (Lipinski definition) is 6. The fourth-order valence-electron chi connectivity index (χ4n) is 1.40. The van der Waals surface area contributed by atoms with E-state index >= 15 is 0 Å². The Morgan fingerprint density at radius 3 is 2.80 bits per heavy atom. The van der Waals surface area contributed by atoms with Gasteiger partial charge in [0.1, 0.15) is 13.2 Å². The lowest BCUT2D eigenvalue weighted by Crippen LogP contribution is -2.28. The van der Waals surface area contributed by atoms with Crippen LogP contribution in [-0.4, -0.2) is 31.1 Å². The van der Waals surface area contributed by atoms with Crippen molar-refractivity contribution in [2.45, 2.75) is 18.9 Å². The highest BCUT2D eigenvalue weighted by Crippen LogP contribution is 2.64. The topological polar surface area (TPSA) is 99.9 Å². The van der Waals surface area contributed by atoms with E-state index in [2.05, 4.69) is 5.09 Å². The minimum Gasteiger partial charge on any atom is -0.370 e. The highest BCUT2D eigenvalue weighted by molar-refractivity contribution is 7.60. The second-order valence-corrected chi connectivity index (χ2v) is 5.21. The van der Waals surface area contributed by atoms with E-state index in [9.17, 15) is 9.59 Å². The molecule has 0 bridgehead atoms. The van der Waals surface area contributed by atoms with E-state index < -0.39 is 26.0 Å². The molecule has 1 amide bonds. The summed E-state index contributed by atoms with van der Waals surface area (Å²) in [5.74, 6) is -0.886. The molecule has 0 aromatic carbocycles. The first-order valence-corrected chi connectivity index (χ1v) is 6.13. The molecule has 8 heteroatoms. The normalized spacial score (nSPS) is 28.3. The molecule has 0 saturated carbocycles.